The summed E-state index contributed by atoms with van der Waals surface area (Å²) in [7, 11) is -3.50. The average Bonchev–Trinajstić information content (AvgIpc) is 3.36. The van der Waals surface area contributed by atoms with Gasteiger partial charge >= 0.3 is 6.09 Å². The van der Waals surface area contributed by atoms with Gasteiger partial charge in [0.25, 0.3) is 0 Å². The molecule has 2 aromatic rings. The van der Waals surface area contributed by atoms with Crippen molar-refractivity contribution in [2.75, 3.05) is 6.61 Å². The molecule has 1 saturated carbocycles. The molecule has 0 aromatic heterocycles. The highest BCUT2D eigenvalue weighted by Crippen LogP contribution is 2.30. The molecular formula is C19H20N2O4S. The van der Waals surface area contributed by atoms with E-state index >= 15 is 0 Å². The number of cyclic esters (lactones) is 1. The summed E-state index contributed by atoms with van der Waals surface area (Å²) in [5.74, 6) is 0. The highest BCUT2D eigenvalue weighted by atomic mass is 32.2. The maximum atomic E-state index is 12.5. The number of carbonyl (C=O) groups excluding carboxylic acids is 1. The lowest BCUT2D eigenvalue weighted by atomic mass is 9.91. The van der Waals surface area contributed by atoms with Crippen molar-refractivity contribution < 1.29 is 17.9 Å². The van der Waals surface area contributed by atoms with Crippen LogP contribution in [0.1, 0.15) is 25.3 Å². The number of nitrogens with one attached hydrogen (secondary N) is 2. The second-order valence-corrected chi connectivity index (χ2v) is 8.75. The summed E-state index contributed by atoms with van der Waals surface area (Å²) in [4.78, 5) is 11.7. The second-order valence-electron chi connectivity index (χ2n) is 7.04. The zero-order valence-corrected chi connectivity index (χ0v) is 15.2. The standard InChI is InChI=1S/C19H20N2O4S/c1-19(12-25-18(22)20-19)15-6-2-4-13(10-15)14-5-3-7-17(11-14)26(23,24)21-16-8-9-16/h2-7,10-11,16,21H,8-9,12H2,1H3,(H,20,22). The number of benzene rings is 2. The Morgan fingerprint density at radius 3 is 2.46 bits per heavy atom. The molecule has 1 atom stereocenters. The van der Waals surface area contributed by atoms with Crippen molar-refractivity contribution in [2.24, 2.45) is 0 Å². The van der Waals surface area contributed by atoms with Gasteiger partial charge in [-0.1, -0.05) is 30.3 Å². The van der Waals surface area contributed by atoms with Crippen molar-refractivity contribution in [2.45, 2.75) is 36.2 Å². The summed E-state index contributed by atoms with van der Waals surface area (Å²) < 4.78 is 32.6. The fourth-order valence-corrected chi connectivity index (χ4v) is 4.39. The normalized spacial score (nSPS) is 22.7. The van der Waals surface area contributed by atoms with Crippen LogP contribution in [0.3, 0.4) is 0 Å². The van der Waals surface area contributed by atoms with Crippen LogP contribution in [0.4, 0.5) is 4.79 Å². The maximum Gasteiger partial charge on any atom is 0.408 e. The van der Waals surface area contributed by atoms with Crippen LogP contribution in [-0.2, 0) is 20.3 Å². The number of amides is 1. The topological polar surface area (TPSA) is 84.5 Å². The van der Waals surface area contributed by atoms with E-state index in [-0.39, 0.29) is 17.5 Å². The van der Waals surface area contributed by atoms with Crippen LogP contribution in [0.5, 0.6) is 0 Å². The van der Waals surface area contributed by atoms with Crippen molar-refractivity contribution in [1.82, 2.24) is 10.0 Å². The first-order valence-electron chi connectivity index (χ1n) is 8.54. The summed E-state index contributed by atoms with van der Waals surface area (Å²) in [6.45, 7) is 2.16. The van der Waals surface area contributed by atoms with Crippen molar-refractivity contribution in [3.05, 3.63) is 54.1 Å². The Hall–Kier alpha value is -2.38. The van der Waals surface area contributed by atoms with E-state index in [4.69, 9.17) is 4.74 Å². The summed E-state index contributed by atoms with van der Waals surface area (Å²) in [5, 5.41) is 2.82. The molecule has 1 aliphatic heterocycles. The SMILES string of the molecule is CC1(c2cccc(-c3cccc(S(=O)(=O)NC4CC4)c3)c2)COC(=O)N1. The predicted octanol–water partition coefficient (Wildman–Crippen LogP) is 2.75. The Morgan fingerprint density at radius 2 is 1.81 bits per heavy atom. The highest BCUT2D eigenvalue weighted by molar-refractivity contribution is 7.89. The lowest BCUT2D eigenvalue weighted by molar-refractivity contribution is 0.173. The van der Waals surface area contributed by atoms with Gasteiger partial charge in [-0.2, -0.15) is 0 Å². The van der Waals surface area contributed by atoms with E-state index in [1.54, 1.807) is 18.2 Å². The molecule has 1 amide bonds. The van der Waals surface area contributed by atoms with Crippen molar-refractivity contribution in [1.29, 1.82) is 0 Å². The highest BCUT2D eigenvalue weighted by Gasteiger charge is 2.36. The van der Waals surface area contributed by atoms with Crippen LogP contribution in [-0.4, -0.2) is 27.2 Å². The van der Waals surface area contributed by atoms with Gasteiger partial charge in [-0.25, -0.2) is 17.9 Å². The zero-order chi connectivity index (χ0) is 18.4. The second kappa shape index (κ2) is 6.10. The van der Waals surface area contributed by atoms with E-state index in [9.17, 15) is 13.2 Å². The van der Waals surface area contributed by atoms with E-state index in [2.05, 4.69) is 10.0 Å². The van der Waals surface area contributed by atoms with Gasteiger partial charge in [0, 0.05) is 6.04 Å². The molecule has 4 rings (SSSR count). The van der Waals surface area contributed by atoms with Gasteiger partial charge in [-0.15, -0.1) is 0 Å². The molecule has 1 saturated heterocycles. The molecule has 2 aromatic carbocycles. The van der Waals surface area contributed by atoms with Gasteiger partial charge in [0.15, 0.2) is 0 Å². The molecule has 6 nitrogen and oxygen atoms in total. The van der Waals surface area contributed by atoms with Crippen molar-refractivity contribution in [3.63, 3.8) is 0 Å². The average molecular weight is 372 g/mol. The number of ether oxygens (including phenoxy) is 1. The molecule has 7 heteroatoms. The van der Waals surface area contributed by atoms with Crippen LogP contribution in [0.2, 0.25) is 0 Å². The molecule has 2 N–H and O–H groups in total. The fourth-order valence-electron chi connectivity index (χ4n) is 3.04. The molecule has 26 heavy (non-hydrogen) atoms. The van der Waals surface area contributed by atoms with Gasteiger partial charge in [0.1, 0.15) is 6.61 Å². The lowest BCUT2D eigenvalue weighted by Crippen LogP contribution is -2.37. The zero-order valence-electron chi connectivity index (χ0n) is 14.4. The Morgan fingerprint density at radius 1 is 1.12 bits per heavy atom. The van der Waals surface area contributed by atoms with Gasteiger partial charge in [0.05, 0.1) is 10.4 Å². The molecule has 0 bridgehead atoms. The molecule has 0 spiro atoms. The molecule has 2 aliphatic rings. The Kier molecular flexibility index (Phi) is 4.00. The third kappa shape index (κ3) is 3.32. The number of carbonyl (C=O) groups is 1. The Balaban J connectivity index is 1.67. The third-order valence-corrected chi connectivity index (χ3v) is 6.26. The van der Waals surface area contributed by atoms with Crippen LogP contribution in [0, 0.1) is 0 Å². The molecule has 2 fully saturated rings. The van der Waals surface area contributed by atoms with Gasteiger partial charge < -0.3 is 10.1 Å². The molecule has 0 radical (unpaired) electrons. The first-order valence-corrected chi connectivity index (χ1v) is 10.0. The van der Waals surface area contributed by atoms with Crippen molar-refractivity contribution in [3.8, 4) is 11.1 Å². The summed E-state index contributed by atoms with van der Waals surface area (Å²) >= 11 is 0. The van der Waals surface area contributed by atoms with Crippen LogP contribution >= 0.6 is 0 Å². The van der Waals surface area contributed by atoms with Crippen LogP contribution < -0.4 is 10.0 Å². The number of rotatable bonds is 5. The molecule has 1 aliphatic carbocycles. The van der Waals surface area contributed by atoms with Crippen LogP contribution in [0.15, 0.2) is 53.4 Å². The number of hydrogen-bond acceptors (Lipinski definition) is 4. The molecule has 136 valence electrons. The van der Waals surface area contributed by atoms with E-state index < -0.39 is 21.7 Å². The minimum Gasteiger partial charge on any atom is -0.447 e. The first-order chi connectivity index (χ1) is 12.4. The number of hydrogen-bond donors (Lipinski definition) is 2. The number of sulfonamides is 1. The lowest BCUT2D eigenvalue weighted by Gasteiger charge is -2.22. The first kappa shape index (κ1) is 17.1. The molecular weight excluding hydrogens is 352 g/mol. The van der Waals surface area contributed by atoms with Crippen molar-refractivity contribution >= 4 is 16.1 Å². The summed E-state index contributed by atoms with van der Waals surface area (Å²) in [6, 6.07) is 14.7. The monoisotopic (exact) mass is 372 g/mol. The van der Waals surface area contributed by atoms with Gasteiger partial charge in [0.2, 0.25) is 10.0 Å². The quantitative estimate of drug-likeness (QED) is 0.845. The molecule has 1 heterocycles. The van der Waals surface area contributed by atoms with E-state index in [0.717, 1.165) is 29.5 Å². The van der Waals surface area contributed by atoms with E-state index in [1.165, 1.54) is 0 Å². The minimum absolute atomic E-state index is 0.0675. The summed E-state index contributed by atoms with van der Waals surface area (Å²) in [5.41, 5.74) is 2.00. The van der Waals surface area contributed by atoms with E-state index in [1.807, 2.05) is 37.3 Å². The van der Waals surface area contributed by atoms with Gasteiger partial charge in [-0.05, 0) is 54.7 Å². The largest absolute Gasteiger partial charge is 0.447 e. The fraction of sp³-hybridized carbons (Fsp3) is 0.316. The third-order valence-electron chi connectivity index (χ3n) is 4.75. The minimum atomic E-state index is -3.50. The Labute approximate surface area is 152 Å². The maximum absolute atomic E-state index is 12.5. The smallest absolute Gasteiger partial charge is 0.408 e. The summed E-state index contributed by atoms with van der Waals surface area (Å²) in [6.07, 6.45) is 1.36. The van der Waals surface area contributed by atoms with E-state index in [0.29, 0.717) is 0 Å². The molecule has 1 unspecified atom stereocenters. The number of alkyl carbamates (subject to hydrolysis) is 1. The van der Waals surface area contributed by atoms with Gasteiger partial charge in [-0.3, -0.25) is 0 Å². The Bertz CT molecular complexity index is 969. The van der Waals surface area contributed by atoms with Crippen LogP contribution in [0.25, 0.3) is 11.1 Å². The predicted molar refractivity (Wildman–Crippen MR) is 97.1 cm³/mol.